The topological polar surface area (TPSA) is 131 Å². The van der Waals surface area contributed by atoms with E-state index in [1.165, 1.54) is 138 Å². The summed E-state index contributed by atoms with van der Waals surface area (Å²) in [5.41, 5.74) is 35.9. The summed E-state index contributed by atoms with van der Waals surface area (Å²) in [6.45, 7) is 18.4. The normalized spacial score (nSPS) is 13.3. The molecule has 22 aromatic rings. The molecule has 610 valence electrons. The average Bonchev–Trinajstić information content (AvgIpc) is 1.55. The van der Waals surface area contributed by atoms with Crippen molar-refractivity contribution >= 4 is 65.4 Å². The summed E-state index contributed by atoms with van der Waals surface area (Å²) in [5, 5.41) is 7.68. The van der Waals surface area contributed by atoms with Crippen LogP contribution in [0.2, 0.25) is 0 Å². The summed E-state index contributed by atoms with van der Waals surface area (Å²) in [6, 6.07) is 129. The molecule has 0 spiro atoms. The Morgan fingerprint density at radius 2 is 0.547 bits per heavy atom. The summed E-state index contributed by atoms with van der Waals surface area (Å²) in [6.07, 6.45) is 3.10. The Balaban J connectivity index is 0.000000111. The van der Waals surface area contributed by atoms with Gasteiger partial charge >= 0.3 is 0 Å². The van der Waals surface area contributed by atoms with Crippen LogP contribution in [-0.2, 0) is 16.2 Å². The largest absolute Gasteiger partial charge is 0.309 e. The molecule has 0 saturated carbocycles. The van der Waals surface area contributed by atoms with Gasteiger partial charge in [-0.1, -0.05) is 302 Å². The van der Waals surface area contributed by atoms with Crippen LogP contribution in [0.5, 0.6) is 0 Å². The minimum atomic E-state index is -0.0538. The molecule has 128 heavy (non-hydrogen) atoms. The van der Waals surface area contributed by atoms with E-state index in [0.29, 0.717) is 40.8 Å². The Hall–Kier alpha value is -16.1. The average molecular weight is 1650 g/mol. The van der Waals surface area contributed by atoms with Crippen LogP contribution in [0.3, 0.4) is 0 Å². The molecule has 6 aromatic heterocycles. The molecule has 0 saturated heterocycles. The fourth-order valence-corrected chi connectivity index (χ4v) is 20.6. The van der Waals surface area contributed by atoms with E-state index in [0.717, 1.165) is 61.6 Å². The number of hydrogen-bond acceptors (Lipinski definition) is 9. The molecular formula is C116H86N12. The monoisotopic (exact) mass is 1650 g/mol. The molecule has 3 aliphatic carbocycles. The van der Waals surface area contributed by atoms with Crippen LogP contribution in [0.25, 0.3) is 196 Å². The van der Waals surface area contributed by atoms with E-state index >= 15 is 0 Å². The quantitative estimate of drug-likeness (QED) is 0.131. The maximum Gasteiger partial charge on any atom is 0.164 e. The molecule has 16 aromatic carbocycles. The molecule has 0 bridgehead atoms. The predicted octanol–water partition coefficient (Wildman–Crippen LogP) is 28.1. The molecule has 0 radical (unpaired) electrons. The zero-order valence-electron chi connectivity index (χ0n) is 72.2. The number of nitrogens with zero attached hydrogens (tertiary/aromatic N) is 12. The molecule has 0 fully saturated rings. The smallest absolute Gasteiger partial charge is 0.164 e. The Morgan fingerprint density at radius 3 is 0.992 bits per heavy atom. The third-order valence-electron chi connectivity index (χ3n) is 26.7. The second-order valence-corrected chi connectivity index (χ2v) is 35.4. The summed E-state index contributed by atoms with van der Waals surface area (Å²) in [7, 11) is 0. The van der Waals surface area contributed by atoms with Gasteiger partial charge in [-0.25, -0.2) is 44.9 Å². The highest BCUT2D eigenvalue weighted by molar-refractivity contribution is 6.21. The van der Waals surface area contributed by atoms with Crippen molar-refractivity contribution < 1.29 is 0 Å². The van der Waals surface area contributed by atoms with Crippen LogP contribution in [0.15, 0.2) is 377 Å². The van der Waals surface area contributed by atoms with Gasteiger partial charge in [-0.2, -0.15) is 0 Å². The lowest BCUT2D eigenvalue weighted by atomic mass is 9.82. The fraction of sp³-hybridized carbons (Fsp3) is 0.0948. The molecular weight excluding hydrogens is 1560 g/mol. The summed E-state index contributed by atoms with van der Waals surface area (Å²) < 4.78 is 7.18. The van der Waals surface area contributed by atoms with Gasteiger partial charge in [-0.3, -0.25) is 0 Å². The minimum absolute atomic E-state index is 0.0485. The molecule has 0 aliphatic heterocycles. The summed E-state index contributed by atoms with van der Waals surface area (Å²) in [4.78, 5) is 42.4. The Bertz CT molecular complexity index is 8080. The van der Waals surface area contributed by atoms with Gasteiger partial charge in [-0.15, -0.1) is 0 Å². The first kappa shape index (κ1) is 76.8. The zero-order valence-corrected chi connectivity index (χ0v) is 72.2. The molecule has 12 nitrogen and oxygen atoms in total. The van der Waals surface area contributed by atoms with E-state index in [1.54, 1.807) is 12.7 Å². The Labute approximate surface area is 742 Å². The highest BCUT2D eigenvalue weighted by Crippen LogP contribution is 2.57. The lowest BCUT2D eigenvalue weighted by Gasteiger charge is -2.21. The molecule has 25 rings (SSSR count). The van der Waals surface area contributed by atoms with Crippen molar-refractivity contribution in [1.82, 2.24) is 58.6 Å². The highest BCUT2D eigenvalue weighted by Gasteiger charge is 2.41. The van der Waals surface area contributed by atoms with Gasteiger partial charge in [0, 0.05) is 105 Å². The molecule has 12 heteroatoms. The van der Waals surface area contributed by atoms with E-state index < -0.39 is 0 Å². The first-order valence-electron chi connectivity index (χ1n) is 43.8. The van der Waals surface area contributed by atoms with Gasteiger partial charge in [0.1, 0.15) is 12.7 Å². The number of para-hydroxylation sites is 2. The Morgan fingerprint density at radius 1 is 0.219 bits per heavy atom. The van der Waals surface area contributed by atoms with Crippen LogP contribution in [0.4, 0.5) is 0 Å². The number of aryl methyl sites for hydroxylation is 2. The first-order valence-corrected chi connectivity index (χ1v) is 43.8. The van der Waals surface area contributed by atoms with Crippen molar-refractivity contribution in [3.8, 4) is 130 Å². The number of aromatic nitrogens is 12. The van der Waals surface area contributed by atoms with Crippen molar-refractivity contribution in [3.63, 3.8) is 0 Å². The van der Waals surface area contributed by atoms with E-state index in [9.17, 15) is 0 Å². The third-order valence-corrected chi connectivity index (χ3v) is 26.7. The van der Waals surface area contributed by atoms with Gasteiger partial charge in [0.25, 0.3) is 0 Å². The van der Waals surface area contributed by atoms with Gasteiger partial charge in [0.2, 0.25) is 0 Å². The molecule has 3 aliphatic rings. The SMILES string of the molecule is CC1(C)c2ccccc2-c2c1ccc1c2c2cc(-c3ncncn3)ccc2n1-c1ccccc1.Cc1cc(-n2c3ccccc3c3c4c(ccc32)C(C)(C)c2ccccc2-4)ccc1-c1nc(-c2ccccc2)nc(-c2ccccc2)n1.Cc1ccc2c(c1)c1c3c(ccc1n2-c1ccc(-c2nc(-c4ccccc4)nc(-c4ccccc4)n2)cc1)C(C)(C)c1ccccc1-3. The molecule has 6 heterocycles. The first-order chi connectivity index (χ1) is 62.6. The third kappa shape index (κ3) is 12.4. The number of fused-ring (bicyclic) bond motifs is 21. The van der Waals surface area contributed by atoms with Crippen molar-refractivity contribution in [1.29, 1.82) is 0 Å². The van der Waals surface area contributed by atoms with Gasteiger partial charge in [0.05, 0.1) is 33.1 Å². The molecule has 0 N–H and O–H groups in total. The van der Waals surface area contributed by atoms with Crippen molar-refractivity contribution in [2.24, 2.45) is 0 Å². The summed E-state index contributed by atoms with van der Waals surface area (Å²) in [5.74, 6) is 4.65. The Kier molecular flexibility index (Phi) is 18.1. The van der Waals surface area contributed by atoms with E-state index in [-0.39, 0.29) is 16.2 Å². The van der Waals surface area contributed by atoms with E-state index in [4.69, 9.17) is 29.9 Å². The van der Waals surface area contributed by atoms with Crippen LogP contribution < -0.4 is 0 Å². The number of rotatable bonds is 10. The molecule has 0 atom stereocenters. The number of benzene rings is 16. The van der Waals surface area contributed by atoms with E-state index in [2.05, 4.69) is 327 Å². The maximum absolute atomic E-state index is 5.00. The van der Waals surface area contributed by atoms with Crippen LogP contribution in [0.1, 0.15) is 86.1 Å². The van der Waals surface area contributed by atoms with Gasteiger partial charge < -0.3 is 13.7 Å². The predicted molar refractivity (Wildman–Crippen MR) is 523 cm³/mol. The maximum atomic E-state index is 5.00. The highest BCUT2D eigenvalue weighted by atomic mass is 15.1. The van der Waals surface area contributed by atoms with Crippen LogP contribution >= 0.6 is 0 Å². The molecule has 0 amide bonds. The van der Waals surface area contributed by atoms with Crippen molar-refractivity contribution in [2.75, 3.05) is 0 Å². The van der Waals surface area contributed by atoms with Gasteiger partial charge in [-0.05, 0) is 195 Å². The lowest BCUT2D eigenvalue weighted by Crippen LogP contribution is -2.14. The summed E-state index contributed by atoms with van der Waals surface area (Å²) >= 11 is 0. The molecule has 0 unspecified atom stereocenters. The lowest BCUT2D eigenvalue weighted by molar-refractivity contribution is 0.660. The second-order valence-electron chi connectivity index (χ2n) is 35.4. The van der Waals surface area contributed by atoms with Crippen LogP contribution in [-0.4, -0.2) is 58.6 Å². The van der Waals surface area contributed by atoms with Crippen LogP contribution in [0, 0.1) is 13.8 Å². The van der Waals surface area contributed by atoms with Gasteiger partial charge in [0.15, 0.2) is 40.8 Å². The fourth-order valence-electron chi connectivity index (χ4n) is 20.6. The minimum Gasteiger partial charge on any atom is -0.309 e. The zero-order chi connectivity index (χ0) is 86.3. The van der Waals surface area contributed by atoms with E-state index in [1.807, 2.05) is 121 Å². The second kappa shape index (κ2) is 30.1. The van der Waals surface area contributed by atoms with Crippen molar-refractivity contribution in [3.05, 3.63) is 421 Å². The number of hydrogen-bond donors (Lipinski definition) is 0. The standard InChI is InChI=1S/2C43H32N4.C30H22N4/c1-27-26-30(22-23-31(27)42-45-40(28-14-6-4-7-15-28)44-41(46-42)29-16-8-5-9-17-29)47-36-21-13-11-19-33(36)39-37(47)25-24-35-38(39)32-18-10-12-20-34(32)43(35,2)3;1-27-18-24-36-33(26-27)39-37(25-23-35-38(39)32-16-10-11-17-34(32)43(35,2)3)47(36)31-21-19-30(20-22-31)42-45-40(28-12-6-4-7-13-28)44-41(46-42)29-14-8-5-9-15-29;1-30(2)23-11-7-6-10-21(23)27-24(30)13-15-26-28(27)22-16-19(29-32-17-31-18-33-29)12-14-25(22)34(26)20-8-4-3-5-9-20/h2*4-26H,1-3H3;3-18H,1-2H3. The van der Waals surface area contributed by atoms with Crippen molar-refractivity contribution in [2.45, 2.75) is 71.6 Å².